The standard InChI is InChI=1S/C17H30O12/c1-21-9-26-8-17(7-19,16(20)25-5)15(29-12-24-4)14(28-11-23-3)13(6-18)27-10-22-2/h6-7,13-15H,8-12H2,1-5H3/t13-,14+,15-,17+/m0/s1. The van der Waals surface area contributed by atoms with Crippen LogP contribution >= 0.6 is 0 Å². The van der Waals surface area contributed by atoms with Crippen molar-refractivity contribution in [2.45, 2.75) is 18.3 Å². The molecule has 0 aromatic carbocycles. The Bertz CT molecular complexity index is 460. The summed E-state index contributed by atoms with van der Waals surface area (Å²) in [5.41, 5.74) is -2.04. The van der Waals surface area contributed by atoms with E-state index in [1.165, 1.54) is 28.4 Å². The highest BCUT2D eigenvalue weighted by Gasteiger charge is 2.54. The van der Waals surface area contributed by atoms with Crippen molar-refractivity contribution in [3.8, 4) is 0 Å². The molecule has 12 nitrogen and oxygen atoms in total. The van der Waals surface area contributed by atoms with E-state index in [-0.39, 0.29) is 27.2 Å². The predicted molar refractivity (Wildman–Crippen MR) is 94.7 cm³/mol. The molecule has 0 saturated carbocycles. The molecular formula is C17H30O12. The van der Waals surface area contributed by atoms with Crippen molar-refractivity contribution in [2.75, 3.05) is 69.3 Å². The monoisotopic (exact) mass is 426 g/mol. The van der Waals surface area contributed by atoms with Gasteiger partial charge in [-0.2, -0.15) is 0 Å². The van der Waals surface area contributed by atoms with Crippen molar-refractivity contribution in [3.05, 3.63) is 0 Å². The van der Waals surface area contributed by atoms with Crippen molar-refractivity contribution in [1.29, 1.82) is 0 Å². The number of carbonyl (C=O) groups excluding carboxylic acids is 3. The Morgan fingerprint density at radius 3 is 1.86 bits per heavy atom. The van der Waals surface area contributed by atoms with Gasteiger partial charge in [0.1, 0.15) is 51.8 Å². The molecule has 0 fully saturated rings. The number of rotatable bonds is 19. The van der Waals surface area contributed by atoms with Crippen LogP contribution in [-0.2, 0) is 57.0 Å². The number of methoxy groups -OCH3 is 5. The maximum absolute atomic E-state index is 12.6. The molecule has 29 heavy (non-hydrogen) atoms. The topological polar surface area (TPSA) is 134 Å². The molecule has 0 rings (SSSR count). The number of hydrogen-bond acceptors (Lipinski definition) is 12. The third-order valence-corrected chi connectivity index (χ3v) is 3.70. The zero-order chi connectivity index (χ0) is 22.1. The van der Waals surface area contributed by atoms with E-state index in [0.717, 1.165) is 7.11 Å². The number of ether oxygens (including phenoxy) is 9. The van der Waals surface area contributed by atoms with Crippen LogP contribution in [0.5, 0.6) is 0 Å². The fourth-order valence-electron chi connectivity index (χ4n) is 2.43. The molecule has 0 aliphatic carbocycles. The van der Waals surface area contributed by atoms with Gasteiger partial charge in [-0.05, 0) is 0 Å². The summed E-state index contributed by atoms with van der Waals surface area (Å²) in [5.74, 6) is -0.980. The summed E-state index contributed by atoms with van der Waals surface area (Å²) in [6.07, 6.45) is -3.29. The van der Waals surface area contributed by atoms with Crippen LogP contribution in [0.2, 0.25) is 0 Å². The Morgan fingerprint density at radius 1 is 0.828 bits per heavy atom. The van der Waals surface area contributed by atoms with Crippen molar-refractivity contribution in [2.24, 2.45) is 5.41 Å². The van der Waals surface area contributed by atoms with Crippen LogP contribution in [0, 0.1) is 5.41 Å². The van der Waals surface area contributed by atoms with Gasteiger partial charge in [-0.25, -0.2) is 0 Å². The second-order valence-electron chi connectivity index (χ2n) is 5.61. The van der Waals surface area contributed by atoms with Crippen molar-refractivity contribution in [3.63, 3.8) is 0 Å². The highest BCUT2D eigenvalue weighted by molar-refractivity contribution is 5.94. The van der Waals surface area contributed by atoms with Crippen LogP contribution in [0.15, 0.2) is 0 Å². The fourth-order valence-corrected chi connectivity index (χ4v) is 2.43. The highest BCUT2D eigenvalue weighted by atomic mass is 16.7. The van der Waals surface area contributed by atoms with Gasteiger partial charge >= 0.3 is 5.97 Å². The average Bonchev–Trinajstić information content (AvgIpc) is 2.75. The summed E-state index contributed by atoms with van der Waals surface area (Å²) in [4.78, 5) is 36.4. The van der Waals surface area contributed by atoms with Gasteiger partial charge in [0.25, 0.3) is 0 Å². The lowest BCUT2D eigenvalue weighted by atomic mass is 9.79. The van der Waals surface area contributed by atoms with E-state index in [4.69, 9.17) is 42.6 Å². The third kappa shape index (κ3) is 8.40. The van der Waals surface area contributed by atoms with Gasteiger partial charge < -0.3 is 52.2 Å². The van der Waals surface area contributed by atoms with E-state index in [9.17, 15) is 14.4 Å². The van der Waals surface area contributed by atoms with Gasteiger partial charge in [0.2, 0.25) is 0 Å². The molecule has 0 saturated heterocycles. The lowest BCUT2D eigenvalue weighted by molar-refractivity contribution is -0.234. The molecule has 0 aliphatic rings. The van der Waals surface area contributed by atoms with Crippen LogP contribution < -0.4 is 0 Å². The SMILES string of the molecule is COCOC[C@@](C=O)(C(=O)OC)[C@@H](OCOC)[C@H](OCOC)[C@H](C=O)OCOC. The van der Waals surface area contributed by atoms with E-state index in [1.807, 2.05) is 0 Å². The zero-order valence-electron chi connectivity index (χ0n) is 17.3. The summed E-state index contributed by atoms with van der Waals surface area (Å²) in [6, 6.07) is 0. The molecule has 0 aromatic rings. The van der Waals surface area contributed by atoms with Crippen molar-refractivity contribution < 1.29 is 57.0 Å². The van der Waals surface area contributed by atoms with Gasteiger partial charge in [0, 0.05) is 28.4 Å². The Hall–Kier alpha value is -1.51. The minimum Gasteiger partial charge on any atom is -0.468 e. The zero-order valence-corrected chi connectivity index (χ0v) is 17.3. The second-order valence-corrected chi connectivity index (χ2v) is 5.61. The molecule has 4 atom stereocenters. The Labute approximate surface area is 169 Å². The second kappa shape index (κ2) is 16.3. The molecule has 170 valence electrons. The summed E-state index contributed by atoms with van der Waals surface area (Å²) in [7, 11) is 6.50. The molecule has 0 radical (unpaired) electrons. The quantitative estimate of drug-likeness (QED) is 0.0835. The summed E-state index contributed by atoms with van der Waals surface area (Å²) in [6.45, 7) is -1.62. The van der Waals surface area contributed by atoms with Gasteiger partial charge in [-0.1, -0.05) is 0 Å². The van der Waals surface area contributed by atoms with E-state index < -0.39 is 36.3 Å². The first-order valence-electron chi connectivity index (χ1n) is 8.41. The van der Waals surface area contributed by atoms with Crippen molar-refractivity contribution >= 4 is 18.5 Å². The first-order chi connectivity index (χ1) is 14.0. The summed E-state index contributed by atoms with van der Waals surface area (Å²) < 4.78 is 45.9. The number of hydrogen-bond donors (Lipinski definition) is 0. The summed E-state index contributed by atoms with van der Waals surface area (Å²) in [5, 5.41) is 0. The molecule has 0 heterocycles. The first-order valence-corrected chi connectivity index (χ1v) is 8.41. The number of carbonyl (C=O) groups is 3. The predicted octanol–water partition coefficient (Wildman–Crippen LogP) is -0.869. The van der Waals surface area contributed by atoms with Gasteiger partial charge in [-0.15, -0.1) is 0 Å². The fraction of sp³-hybridized carbons (Fsp3) is 0.824. The van der Waals surface area contributed by atoms with E-state index in [1.54, 1.807) is 0 Å². The minimum absolute atomic E-state index is 0.218. The van der Waals surface area contributed by atoms with Gasteiger partial charge in [0.15, 0.2) is 11.7 Å². The van der Waals surface area contributed by atoms with Crippen molar-refractivity contribution in [1.82, 2.24) is 0 Å². The Morgan fingerprint density at radius 2 is 1.38 bits per heavy atom. The normalized spacial score (nSPS) is 16.4. The minimum atomic E-state index is -2.04. The smallest absolute Gasteiger partial charge is 0.324 e. The molecule has 0 amide bonds. The Balaban J connectivity index is 6.20. The maximum atomic E-state index is 12.6. The molecule has 0 spiro atoms. The van der Waals surface area contributed by atoms with Gasteiger partial charge in [-0.3, -0.25) is 4.79 Å². The van der Waals surface area contributed by atoms with E-state index in [0.29, 0.717) is 12.6 Å². The van der Waals surface area contributed by atoms with Crippen LogP contribution in [0.4, 0.5) is 0 Å². The lowest BCUT2D eigenvalue weighted by Gasteiger charge is -2.39. The number of aldehydes is 2. The largest absolute Gasteiger partial charge is 0.468 e. The third-order valence-electron chi connectivity index (χ3n) is 3.70. The summed E-state index contributed by atoms with van der Waals surface area (Å²) >= 11 is 0. The molecular weight excluding hydrogens is 396 g/mol. The molecule has 0 N–H and O–H groups in total. The molecule has 0 unspecified atom stereocenters. The van der Waals surface area contributed by atoms with E-state index >= 15 is 0 Å². The maximum Gasteiger partial charge on any atom is 0.324 e. The van der Waals surface area contributed by atoms with E-state index in [2.05, 4.69) is 0 Å². The molecule has 0 bridgehead atoms. The van der Waals surface area contributed by atoms with Crippen LogP contribution in [0.25, 0.3) is 0 Å². The number of esters is 1. The van der Waals surface area contributed by atoms with Crippen LogP contribution in [-0.4, -0.2) is 106 Å². The molecule has 0 aliphatic heterocycles. The lowest BCUT2D eigenvalue weighted by Crippen LogP contribution is -2.59. The first kappa shape index (κ1) is 27.5. The average molecular weight is 426 g/mol. The van der Waals surface area contributed by atoms with Crippen LogP contribution in [0.3, 0.4) is 0 Å². The van der Waals surface area contributed by atoms with Gasteiger partial charge in [0.05, 0.1) is 13.7 Å². The highest BCUT2D eigenvalue weighted by Crippen LogP contribution is 2.31. The van der Waals surface area contributed by atoms with Crippen LogP contribution in [0.1, 0.15) is 0 Å². The molecule has 12 heteroatoms. The Kier molecular flexibility index (Phi) is 15.5. The molecule has 0 aromatic heterocycles.